The number of amides is 1. The van der Waals surface area contributed by atoms with Crippen molar-refractivity contribution in [1.29, 1.82) is 0 Å². The van der Waals surface area contributed by atoms with E-state index in [4.69, 9.17) is 9.31 Å². The lowest BCUT2D eigenvalue weighted by atomic mass is 9.79. The second-order valence-electron chi connectivity index (χ2n) is 7.48. The van der Waals surface area contributed by atoms with Crippen molar-refractivity contribution in [2.45, 2.75) is 45.8 Å². The third kappa shape index (κ3) is 3.48. The van der Waals surface area contributed by atoms with Gasteiger partial charge in [0.15, 0.2) is 0 Å². The summed E-state index contributed by atoms with van der Waals surface area (Å²) in [6, 6.07) is 15.1. The molecule has 3 rings (SSSR count). The molecule has 0 aromatic heterocycles. The third-order valence-electron chi connectivity index (χ3n) is 5.09. The number of carbonyl (C=O) groups excluding carboxylic acids is 1. The van der Waals surface area contributed by atoms with Crippen molar-refractivity contribution >= 4 is 24.2 Å². The molecule has 1 aliphatic rings. The standard InChI is InChI=1S/C20H24BNO3/c1-14-8-6-7-9-17(14)22-18(23)15-10-12-16(13-11-15)21-24-19(2,3)20(4,5)25-21/h6-13H,1-5H3,(H,22,23). The van der Waals surface area contributed by atoms with Gasteiger partial charge in [0.05, 0.1) is 11.2 Å². The number of carbonyl (C=O) groups is 1. The summed E-state index contributed by atoms with van der Waals surface area (Å²) < 4.78 is 12.1. The predicted molar refractivity (Wildman–Crippen MR) is 101 cm³/mol. The first-order valence-corrected chi connectivity index (χ1v) is 8.52. The summed E-state index contributed by atoms with van der Waals surface area (Å²) in [5.41, 5.74) is 2.61. The molecule has 1 heterocycles. The average molecular weight is 337 g/mol. The van der Waals surface area contributed by atoms with E-state index in [2.05, 4.69) is 5.32 Å². The fourth-order valence-corrected chi connectivity index (χ4v) is 2.68. The highest BCUT2D eigenvalue weighted by Gasteiger charge is 2.51. The Labute approximate surface area is 149 Å². The van der Waals surface area contributed by atoms with Crippen LogP contribution in [0.2, 0.25) is 0 Å². The largest absolute Gasteiger partial charge is 0.494 e. The molecule has 130 valence electrons. The molecule has 5 heteroatoms. The van der Waals surface area contributed by atoms with E-state index in [0.29, 0.717) is 5.56 Å². The van der Waals surface area contributed by atoms with E-state index in [1.807, 2.05) is 71.0 Å². The van der Waals surface area contributed by atoms with Gasteiger partial charge in [-0.2, -0.15) is 0 Å². The lowest BCUT2D eigenvalue weighted by Gasteiger charge is -2.32. The van der Waals surface area contributed by atoms with E-state index in [1.165, 1.54) is 0 Å². The zero-order chi connectivity index (χ0) is 18.2. The van der Waals surface area contributed by atoms with Crippen molar-refractivity contribution < 1.29 is 14.1 Å². The van der Waals surface area contributed by atoms with Gasteiger partial charge in [0.1, 0.15) is 0 Å². The highest BCUT2D eigenvalue weighted by molar-refractivity contribution is 6.62. The molecule has 1 saturated heterocycles. The number of para-hydroxylation sites is 1. The Morgan fingerprint density at radius 3 is 2.04 bits per heavy atom. The molecule has 0 saturated carbocycles. The van der Waals surface area contributed by atoms with Crippen molar-refractivity contribution in [2.24, 2.45) is 0 Å². The summed E-state index contributed by atoms with van der Waals surface area (Å²) >= 11 is 0. The Morgan fingerprint density at radius 2 is 1.48 bits per heavy atom. The summed E-state index contributed by atoms with van der Waals surface area (Å²) in [5, 5.41) is 2.94. The number of hydrogen-bond acceptors (Lipinski definition) is 3. The molecule has 0 unspecified atom stereocenters. The Morgan fingerprint density at radius 1 is 0.920 bits per heavy atom. The summed E-state index contributed by atoms with van der Waals surface area (Å²) in [6.45, 7) is 10.1. The monoisotopic (exact) mass is 337 g/mol. The first kappa shape index (κ1) is 17.7. The lowest BCUT2D eigenvalue weighted by molar-refractivity contribution is 0.00578. The number of rotatable bonds is 3. The van der Waals surface area contributed by atoms with E-state index in [0.717, 1.165) is 16.7 Å². The summed E-state index contributed by atoms with van der Waals surface area (Å²) in [4.78, 5) is 12.4. The maximum atomic E-state index is 12.4. The van der Waals surface area contributed by atoms with Crippen molar-refractivity contribution in [3.05, 3.63) is 59.7 Å². The molecule has 4 nitrogen and oxygen atoms in total. The predicted octanol–water partition coefficient (Wildman–Crippen LogP) is 3.55. The number of aryl methyl sites for hydroxylation is 1. The van der Waals surface area contributed by atoms with Crippen LogP contribution in [-0.4, -0.2) is 24.2 Å². The Kier molecular flexibility index (Phi) is 4.48. The zero-order valence-electron chi connectivity index (χ0n) is 15.4. The van der Waals surface area contributed by atoms with Gasteiger partial charge in [-0.25, -0.2) is 0 Å². The van der Waals surface area contributed by atoms with Gasteiger partial charge in [-0.1, -0.05) is 30.3 Å². The smallest absolute Gasteiger partial charge is 0.399 e. The fraction of sp³-hybridized carbons (Fsp3) is 0.350. The van der Waals surface area contributed by atoms with Crippen LogP contribution in [0.5, 0.6) is 0 Å². The average Bonchev–Trinajstić information content (AvgIpc) is 2.78. The molecule has 0 aliphatic carbocycles. The maximum absolute atomic E-state index is 12.4. The van der Waals surface area contributed by atoms with Crippen LogP contribution in [0.25, 0.3) is 0 Å². The minimum atomic E-state index is -0.418. The minimum Gasteiger partial charge on any atom is -0.399 e. The molecule has 0 atom stereocenters. The Bertz CT molecular complexity index is 768. The topological polar surface area (TPSA) is 47.6 Å². The second kappa shape index (κ2) is 6.32. The SMILES string of the molecule is Cc1ccccc1NC(=O)c1ccc(B2OC(C)(C)C(C)(C)O2)cc1. The van der Waals surface area contributed by atoms with Gasteiger partial charge in [-0.15, -0.1) is 0 Å². The van der Waals surface area contributed by atoms with Gasteiger partial charge in [0.2, 0.25) is 0 Å². The van der Waals surface area contributed by atoms with Gasteiger partial charge in [-0.3, -0.25) is 4.79 Å². The second-order valence-corrected chi connectivity index (χ2v) is 7.48. The number of benzene rings is 2. The van der Waals surface area contributed by atoms with Crippen molar-refractivity contribution in [3.63, 3.8) is 0 Å². The van der Waals surface area contributed by atoms with Crippen LogP contribution in [0, 0.1) is 6.92 Å². The molecule has 1 N–H and O–H groups in total. The summed E-state index contributed by atoms with van der Waals surface area (Å²) in [6.07, 6.45) is 0. The van der Waals surface area contributed by atoms with E-state index >= 15 is 0 Å². The molecule has 0 radical (unpaired) electrons. The van der Waals surface area contributed by atoms with Gasteiger partial charge in [0, 0.05) is 11.3 Å². The quantitative estimate of drug-likeness (QED) is 0.872. The van der Waals surface area contributed by atoms with Crippen LogP contribution < -0.4 is 10.8 Å². The molecule has 0 spiro atoms. The first-order chi connectivity index (χ1) is 11.7. The Hall–Kier alpha value is -2.11. The number of nitrogens with one attached hydrogen (secondary N) is 1. The normalized spacial score (nSPS) is 18.2. The molecule has 0 bridgehead atoms. The molecule has 25 heavy (non-hydrogen) atoms. The van der Waals surface area contributed by atoms with Gasteiger partial charge in [0.25, 0.3) is 5.91 Å². The van der Waals surface area contributed by atoms with Crippen LogP contribution >= 0.6 is 0 Å². The van der Waals surface area contributed by atoms with Crippen LogP contribution in [0.1, 0.15) is 43.6 Å². The first-order valence-electron chi connectivity index (χ1n) is 8.52. The van der Waals surface area contributed by atoms with E-state index < -0.39 is 7.12 Å². The maximum Gasteiger partial charge on any atom is 0.494 e. The summed E-state index contributed by atoms with van der Waals surface area (Å²) in [5.74, 6) is -0.130. The van der Waals surface area contributed by atoms with E-state index in [-0.39, 0.29) is 17.1 Å². The van der Waals surface area contributed by atoms with Crippen LogP contribution in [0.15, 0.2) is 48.5 Å². The molecule has 1 fully saturated rings. The minimum absolute atomic E-state index is 0.130. The molecule has 2 aromatic carbocycles. The van der Waals surface area contributed by atoms with Crippen molar-refractivity contribution in [2.75, 3.05) is 5.32 Å². The molecule has 2 aromatic rings. The van der Waals surface area contributed by atoms with Crippen molar-refractivity contribution in [1.82, 2.24) is 0 Å². The molecular weight excluding hydrogens is 313 g/mol. The van der Waals surface area contributed by atoms with Crippen molar-refractivity contribution in [3.8, 4) is 0 Å². The highest BCUT2D eigenvalue weighted by atomic mass is 16.7. The van der Waals surface area contributed by atoms with Crippen LogP contribution in [0.3, 0.4) is 0 Å². The fourth-order valence-electron chi connectivity index (χ4n) is 2.68. The van der Waals surface area contributed by atoms with Crippen LogP contribution in [-0.2, 0) is 9.31 Å². The van der Waals surface area contributed by atoms with Gasteiger partial charge < -0.3 is 14.6 Å². The highest BCUT2D eigenvalue weighted by Crippen LogP contribution is 2.36. The third-order valence-corrected chi connectivity index (χ3v) is 5.09. The van der Waals surface area contributed by atoms with Gasteiger partial charge in [-0.05, 0) is 63.8 Å². The van der Waals surface area contributed by atoms with E-state index in [1.54, 1.807) is 12.1 Å². The molecule has 1 aliphatic heterocycles. The summed E-state index contributed by atoms with van der Waals surface area (Å²) in [7, 11) is -0.418. The molecular formula is C20H24BNO3. The molecule has 1 amide bonds. The van der Waals surface area contributed by atoms with Gasteiger partial charge >= 0.3 is 7.12 Å². The Balaban J connectivity index is 1.73. The number of anilines is 1. The number of hydrogen-bond donors (Lipinski definition) is 1. The lowest BCUT2D eigenvalue weighted by Crippen LogP contribution is -2.41. The van der Waals surface area contributed by atoms with Crippen LogP contribution in [0.4, 0.5) is 5.69 Å². The van der Waals surface area contributed by atoms with E-state index in [9.17, 15) is 4.79 Å². The zero-order valence-corrected chi connectivity index (χ0v) is 15.4.